The van der Waals surface area contributed by atoms with Crippen molar-refractivity contribution in [2.24, 2.45) is 0 Å². The molecule has 0 aliphatic heterocycles. The van der Waals surface area contributed by atoms with E-state index in [9.17, 15) is 8.42 Å². The molecule has 112 valence electrons. The smallest absolute Gasteiger partial charge is 0.242 e. The number of rotatable bonds is 8. The molecule has 0 radical (unpaired) electrons. The molecule has 2 N–H and O–H groups in total. The zero-order valence-electron chi connectivity index (χ0n) is 11.9. The molecule has 2 fully saturated rings. The van der Waals surface area contributed by atoms with Crippen LogP contribution < -0.4 is 10.0 Å². The lowest BCUT2D eigenvalue weighted by Gasteiger charge is -2.07. The van der Waals surface area contributed by atoms with Gasteiger partial charge < -0.3 is 9.88 Å². The second kappa shape index (κ2) is 5.50. The summed E-state index contributed by atoms with van der Waals surface area (Å²) in [5.41, 5.74) is 1.08. The molecule has 5 nitrogen and oxygen atoms in total. The van der Waals surface area contributed by atoms with E-state index in [0.29, 0.717) is 10.9 Å². The van der Waals surface area contributed by atoms with E-state index >= 15 is 0 Å². The van der Waals surface area contributed by atoms with Crippen LogP contribution in [-0.2, 0) is 16.6 Å². The van der Waals surface area contributed by atoms with Crippen LogP contribution in [0.25, 0.3) is 0 Å². The molecule has 0 unspecified atom stereocenters. The second-order valence-electron chi connectivity index (χ2n) is 5.88. The Balaban J connectivity index is 1.78. The lowest BCUT2D eigenvalue weighted by atomic mass is 10.4. The highest BCUT2D eigenvalue weighted by Gasteiger charge is 2.31. The fourth-order valence-corrected chi connectivity index (χ4v) is 3.71. The molecule has 0 spiro atoms. The first-order valence-corrected chi connectivity index (χ1v) is 9.02. The monoisotopic (exact) mass is 297 g/mol. The van der Waals surface area contributed by atoms with Crippen molar-refractivity contribution in [3.05, 3.63) is 18.0 Å². The summed E-state index contributed by atoms with van der Waals surface area (Å²) in [6.07, 6.45) is 7.14. The van der Waals surface area contributed by atoms with Gasteiger partial charge in [-0.3, -0.25) is 0 Å². The minimum Gasteiger partial charge on any atom is -0.346 e. The first-order chi connectivity index (χ1) is 9.60. The van der Waals surface area contributed by atoms with Crippen molar-refractivity contribution in [3.63, 3.8) is 0 Å². The van der Waals surface area contributed by atoms with Gasteiger partial charge in [-0.05, 0) is 44.7 Å². The van der Waals surface area contributed by atoms with Gasteiger partial charge >= 0.3 is 0 Å². The van der Waals surface area contributed by atoms with Gasteiger partial charge in [-0.25, -0.2) is 13.1 Å². The van der Waals surface area contributed by atoms with Gasteiger partial charge in [-0.1, -0.05) is 6.92 Å². The molecule has 2 aliphatic carbocycles. The van der Waals surface area contributed by atoms with E-state index in [1.165, 1.54) is 0 Å². The van der Waals surface area contributed by atoms with Crippen molar-refractivity contribution in [1.29, 1.82) is 0 Å². The maximum atomic E-state index is 12.3. The van der Waals surface area contributed by atoms with Crippen LogP contribution in [0, 0.1) is 0 Å². The SMILES string of the molecule is CCCNCc1cc(S(=O)(=O)NC2CC2)cn1C1CC1. The van der Waals surface area contributed by atoms with Crippen molar-refractivity contribution >= 4 is 10.0 Å². The summed E-state index contributed by atoms with van der Waals surface area (Å²) in [6.45, 7) is 3.82. The summed E-state index contributed by atoms with van der Waals surface area (Å²) in [7, 11) is -3.33. The number of sulfonamides is 1. The Hall–Kier alpha value is -0.850. The van der Waals surface area contributed by atoms with Gasteiger partial charge in [-0.15, -0.1) is 0 Å². The normalized spacial score (nSPS) is 19.4. The molecule has 1 aromatic heterocycles. The first-order valence-electron chi connectivity index (χ1n) is 7.54. The van der Waals surface area contributed by atoms with Crippen LogP contribution in [0.15, 0.2) is 17.2 Å². The fraction of sp³-hybridized carbons (Fsp3) is 0.714. The van der Waals surface area contributed by atoms with Gasteiger partial charge in [0.15, 0.2) is 0 Å². The molecule has 2 saturated carbocycles. The summed E-state index contributed by atoms with van der Waals surface area (Å²) in [4.78, 5) is 0.421. The van der Waals surface area contributed by atoms with Crippen LogP contribution in [0.4, 0.5) is 0 Å². The van der Waals surface area contributed by atoms with Crippen molar-refractivity contribution in [2.75, 3.05) is 6.54 Å². The van der Waals surface area contributed by atoms with E-state index in [2.05, 4.69) is 21.5 Å². The third-order valence-corrected chi connectivity index (χ3v) is 5.28. The molecule has 0 bridgehead atoms. The third-order valence-electron chi connectivity index (χ3n) is 3.79. The predicted molar refractivity (Wildman–Crippen MR) is 78.0 cm³/mol. The van der Waals surface area contributed by atoms with Crippen LogP contribution in [0.2, 0.25) is 0 Å². The number of hydrogen-bond acceptors (Lipinski definition) is 3. The van der Waals surface area contributed by atoms with Crippen LogP contribution >= 0.6 is 0 Å². The van der Waals surface area contributed by atoms with Gasteiger partial charge in [0.1, 0.15) is 0 Å². The maximum absolute atomic E-state index is 12.3. The lowest BCUT2D eigenvalue weighted by Crippen LogP contribution is -2.25. The second-order valence-corrected chi connectivity index (χ2v) is 7.59. The Labute approximate surface area is 120 Å². The number of nitrogens with zero attached hydrogens (tertiary/aromatic N) is 1. The summed E-state index contributed by atoms with van der Waals surface area (Å²) in [5.74, 6) is 0. The van der Waals surface area contributed by atoms with Gasteiger partial charge in [0.25, 0.3) is 0 Å². The van der Waals surface area contributed by atoms with Crippen molar-refractivity contribution in [3.8, 4) is 0 Å². The quantitative estimate of drug-likeness (QED) is 0.719. The molecular formula is C14H23N3O2S. The van der Waals surface area contributed by atoms with E-state index in [4.69, 9.17) is 0 Å². The lowest BCUT2D eigenvalue weighted by molar-refractivity contribution is 0.580. The average Bonchev–Trinajstić information content (AvgIpc) is 3.31. The standard InChI is InChI=1S/C14H23N3O2S/c1-2-7-15-9-13-8-14(10-17(13)12-5-6-12)20(18,19)16-11-3-4-11/h8,10-12,15-16H,2-7,9H2,1H3. The van der Waals surface area contributed by atoms with Crippen LogP contribution in [0.5, 0.6) is 0 Å². The number of hydrogen-bond donors (Lipinski definition) is 2. The number of nitrogens with one attached hydrogen (secondary N) is 2. The highest BCUT2D eigenvalue weighted by molar-refractivity contribution is 7.89. The topological polar surface area (TPSA) is 63.1 Å². The summed E-state index contributed by atoms with van der Waals surface area (Å²) in [6, 6.07) is 2.48. The molecule has 0 atom stereocenters. The van der Waals surface area contributed by atoms with Gasteiger partial charge in [0.05, 0.1) is 4.90 Å². The maximum Gasteiger partial charge on any atom is 0.242 e. The Morgan fingerprint density at radius 2 is 2.05 bits per heavy atom. The number of aromatic nitrogens is 1. The Morgan fingerprint density at radius 1 is 1.30 bits per heavy atom. The van der Waals surface area contributed by atoms with E-state index < -0.39 is 10.0 Å². The van der Waals surface area contributed by atoms with Crippen molar-refractivity contribution < 1.29 is 8.42 Å². The van der Waals surface area contributed by atoms with Gasteiger partial charge in [-0.2, -0.15) is 0 Å². The molecule has 0 amide bonds. The summed E-state index contributed by atoms with van der Waals surface area (Å²) in [5, 5.41) is 3.36. The predicted octanol–water partition coefficient (Wildman–Crippen LogP) is 1.76. The fourth-order valence-electron chi connectivity index (χ4n) is 2.36. The minimum atomic E-state index is -3.33. The van der Waals surface area contributed by atoms with Gasteiger partial charge in [0.2, 0.25) is 10.0 Å². The van der Waals surface area contributed by atoms with E-state index in [-0.39, 0.29) is 6.04 Å². The molecule has 20 heavy (non-hydrogen) atoms. The largest absolute Gasteiger partial charge is 0.346 e. The van der Waals surface area contributed by atoms with Gasteiger partial charge in [0, 0.05) is 30.5 Å². The van der Waals surface area contributed by atoms with Crippen LogP contribution in [-0.4, -0.2) is 25.6 Å². The Bertz CT molecular complexity index is 571. The van der Waals surface area contributed by atoms with Crippen molar-refractivity contribution in [1.82, 2.24) is 14.6 Å². The molecule has 2 aliphatic rings. The highest BCUT2D eigenvalue weighted by atomic mass is 32.2. The molecule has 0 saturated heterocycles. The zero-order valence-corrected chi connectivity index (χ0v) is 12.7. The van der Waals surface area contributed by atoms with E-state index in [1.807, 2.05) is 12.3 Å². The highest BCUT2D eigenvalue weighted by Crippen LogP contribution is 2.37. The minimum absolute atomic E-state index is 0.158. The Morgan fingerprint density at radius 3 is 2.65 bits per heavy atom. The summed E-state index contributed by atoms with van der Waals surface area (Å²) >= 11 is 0. The molecule has 3 rings (SSSR count). The molecule has 0 aromatic carbocycles. The van der Waals surface area contributed by atoms with E-state index in [0.717, 1.165) is 50.9 Å². The van der Waals surface area contributed by atoms with Crippen LogP contribution in [0.1, 0.15) is 50.8 Å². The summed E-state index contributed by atoms with van der Waals surface area (Å²) < 4.78 is 29.4. The van der Waals surface area contributed by atoms with Crippen LogP contribution in [0.3, 0.4) is 0 Å². The van der Waals surface area contributed by atoms with E-state index in [1.54, 1.807) is 0 Å². The zero-order chi connectivity index (χ0) is 14.2. The molecule has 1 aromatic rings. The molecular weight excluding hydrogens is 274 g/mol. The van der Waals surface area contributed by atoms with Crippen molar-refractivity contribution in [2.45, 2.75) is 62.6 Å². The molecule has 1 heterocycles. The Kier molecular flexibility index (Phi) is 3.88. The molecule has 6 heteroatoms. The average molecular weight is 297 g/mol. The third kappa shape index (κ3) is 3.24. The first kappa shape index (κ1) is 14.1.